The average molecular weight is 396 g/mol. The predicted molar refractivity (Wildman–Crippen MR) is 116 cm³/mol. The molecule has 4 heteroatoms. The first kappa shape index (κ1) is 19.6. The third-order valence-electron chi connectivity index (χ3n) is 8.22. The second-order valence-electron chi connectivity index (χ2n) is 10.6. The van der Waals surface area contributed by atoms with Crippen molar-refractivity contribution in [1.82, 2.24) is 15.1 Å². The summed E-state index contributed by atoms with van der Waals surface area (Å²) in [6, 6.07) is 10.7. The molecule has 1 saturated heterocycles. The van der Waals surface area contributed by atoms with Gasteiger partial charge in [-0.15, -0.1) is 0 Å². The second-order valence-corrected chi connectivity index (χ2v) is 10.6. The lowest BCUT2D eigenvalue weighted by atomic mass is 9.58. The van der Waals surface area contributed by atoms with E-state index in [0.29, 0.717) is 12.0 Å². The topological polar surface area (TPSA) is 35.6 Å². The summed E-state index contributed by atoms with van der Waals surface area (Å²) in [7, 11) is 0. The highest BCUT2D eigenvalue weighted by Crippen LogP contribution is 2.57. The fourth-order valence-electron chi connectivity index (χ4n) is 7.08. The number of fused-ring (bicyclic) bond motifs is 1. The van der Waals surface area contributed by atoms with Crippen molar-refractivity contribution in [3.63, 3.8) is 0 Å². The molecule has 2 atom stereocenters. The van der Waals surface area contributed by atoms with Crippen LogP contribution in [0.1, 0.15) is 50.5 Å². The van der Waals surface area contributed by atoms with E-state index in [9.17, 15) is 4.79 Å². The van der Waals surface area contributed by atoms with Crippen molar-refractivity contribution in [3.8, 4) is 0 Å². The van der Waals surface area contributed by atoms with Crippen LogP contribution in [0.15, 0.2) is 30.3 Å². The first-order valence-electron chi connectivity index (χ1n) is 11.9. The van der Waals surface area contributed by atoms with Gasteiger partial charge in [-0.3, -0.25) is 14.6 Å². The third kappa shape index (κ3) is 4.69. The first-order chi connectivity index (χ1) is 14.2. The van der Waals surface area contributed by atoms with Crippen molar-refractivity contribution >= 4 is 5.91 Å². The summed E-state index contributed by atoms with van der Waals surface area (Å²) in [6.07, 6.45) is 9.96. The molecular weight excluding hydrogens is 358 g/mol. The van der Waals surface area contributed by atoms with Crippen LogP contribution in [0.3, 0.4) is 0 Å². The van der Waals surface area contributed by atoms with Crippen LogP contribution in [0.25, 0.3) is 0 Å². The molecule has 0 spiro atoms. The van der Waals surface area contributed by atoms with Crippen molar-refractivity contribution in [2.24, 2.45) is 23.2 Å². The minimum atomic E-state index is 0.246. The van der Waals surface area contributed by atoms with Crippen molar-refractivity contribution in [2.75, 3.05) is 39.3 Å². The van der Waals surface area contributed by atoms with Crippen LogP contribution < -0.4 is 5.32 Å². The van der Waals surface area contributed by atoms with E-state index in [1.54, 1.807) is 0 Å². The Balaban J connectivity index is 1.06. The molecule has 1 aromatic rings. The van der Waals surface area contributed by atoms with Gasteiger partial charge in [-0.2, -0.15) is 0 Å². The van der Waals surface area contributed by atoms with Gasteiger partial charge in [0.1, 0.15) is 0 Å². The minimum Gasteiger partial charge on any atom is -0.354 e. The highest BCUT2D eigenvalue weighted by atomic mass is 16.2. The molecule has 1 aliphatic heterocycles. The van der Waals surface area contributed by atoms with Crippen LogP contribution in [-0.4, -0.2) is 55.0 Å². The Morgan fingerprint density at radius 1 is 0.897 bits per heavy atom. The predicted octanol–water partition coefficient (Wildman–Crippen LogP) is 3.53. The van der Waals surface area contributed by atoms with Crippen LogP contribution >= 0.6 is 0 Å². The van der Waals surface area contributed by atoms with Gasteiger partial charge in [0.05, 0.1) is 6.54 Å². The van der Waals surface area contributed by atoms with Gasteiger partial charge in [-0.05, 0) is 60.8 Å². The number of hydrogen-bond acceptors (Lipinski definition) is 3. The number of amides is 1. The zero-order valence-corrected chi connectivity index (χ0v) is 17.8. The van der Waals surface area contributed by atoms with Crippen molar-refractivity contribution in [2.45, 2.75) is 51.5 Å². The molecule has 0 radical (unpaired) electrons. The summed E-state index contributed by atoms with van der Waals surface area (Å²) in [6.45, 7) is 6.63. The molecule has 2 unspecified atom stereocenters. The largest absolute Gasteiger partial charge is 0.354 e. The maximum Gasteiger partial charge on any atom is 0.234 e. The zero-order chi connectivity index (χ0) is 19.7. The molecular formula is C25H37N3O. The van der Waals surface area contributed by atoms with Gasteiger partial charge >= 0.3 is 0 Å². The number of carbonyl (C=O) groups excluding carboxylic acids is 1. The highest BCUT2D eigenvalue weighted by Gasteiger charge is 2.48. The van der Waals surface area contributed by atoms with Crippen LogP contribution in [-0.2, 0) is 11.3 Å². The lowest BCUT2D eigenvalue weighted by Gasteiger charge is -2.48. The lowest BCUT2D eigenvalue weighted by molar-refractivity contribution is -0.123. The van der Waals surface area contributed by atoms with E-state index in [0.717, 1.165) is 57.0 Å². The third-order valence-corrected chi connectivity index (χ3v) is 8.22. The molecule has 1 heterocycles. The van der Waals surface area contributed by atoms with Crippen molar-refractivity contribution in [3.05, 3.63) is 35.9 Å². The van der Waals surface area contributed by atoms with Crippen LogP contribution in [0.5, 0.6) is 0 Å². The Morgan fingerprint density at radius 2 is 1.52 bits per heavy atom. The normalized spacial score (nSPS) is 34.8. The van der Waals surface area contributed by atoms with Crippen molar-refractivity contribution < 1.29 is 4.79 Å². The standard InChI is InChI=1S/C25H37N3O/c29-24(18-28-10-8-27(9-11-28)17-20-4-2-1-3-5-20)26-19-25-14-21-6-7-22(15-25)13-23(12-21)16-25/h1-5,21-23H,6-19H2,(H,26,29). The molecule has 4 nitrogen and oxygen atoms in total. The summed E-state index contributed by atoms with van der Waals surface area (Å²) in [5.74, 6) is 3.08. The van der Waals surface area contributed by atoms with Crippen LogP contribution in [0.4, 0.5) is 0 Å². The average Bonchev–Trinajstić information content (AvgIpc) is 2.94. The number of rotatable bonds is 6. The monoisotopic (exact) mass is 395 g/mol. The molecule has 5 aliphatic rings. The Bertz CT molecular complexity index is 681. The first-order valence-corrected chi connectivity index (χ1v) is 11.9. The minimum absolute atomic E-state index is 0.246. The van der Waals surface area contributed by atoms with Gasteiger partial charge in [-0.1, -0.05) is 43.2 Å². The molecule has 1 N–H and O–H groups in total. The van der Waals surface area contributed by atoms with E-state index in [2.05, 4.69) is 45.4 Å². The maximum absolute atomic E-state index is 12.7. The molecule has 6 rings (SSSR count). The van der Waals surface area contributed by atoms with E-state index in [1.165, 1.54) is 50.5 Å². The number of piperazine rings is 1. The molecule has 1 aromatic carbocycles. The van der Waals surface area contributed by atoms with Gasteiger partial charge in [0.2, 0.25) is 5.91 Å². The molecule has 4 bridgehead atoms. The summed E-state index contributed by atoms with van der Waals surface area (Å²) in [5, 5.41) is 3.37. The fraction of sp³-hybridized carbons (Fsp3) is 0.720. The molecule has 0 aromatic heterocycles. The summed E-state index contributed by atoms with van der Waals surface area (Å²) in [4.78, 5) is 17.5. The van der Waals surface area contributed by atoms with Gasteiger partial charge < -0.3 is 5.32 Å². The number of hydrogen-bond donors (Lipinski definition) is 1. The van der Waals surface area contributed by atoms with Gasteiger partial charge in [0, 0.05) is 39.3 Å². The Hall–Kier alpha value is -1.39. The Labute approximate surface area is 176 Å². The molecule has 5 fully saturated rings. The number of nitrogens with zero attached hydrogens (tertiary/aromatic N) is 2. The maximum atomic E-state index is 12.7. The van der Waals surface area contributed by atoms with Gasteiger partial charge in [0.15, 0.2) is 0 Å². The molecule has 4 saturated carbocycles. The Kier molecular flexibility index (Phi) is 5.66. The van der Waals surface area contributed by atoms with E-state index in [-0.39, 0.29) is 5.91 Å². The van der Waals surface area contributed by atoms with Gasteiger partial charge in [0.25, 0.3) is 0 Å². The summed E-state index contributed by atoms with van der Waals surface area (Å²) < 4.78 is 0. The molecule has 29 heavy (non-hydrogen) atoms. The molecule has 1 amide bonds. The second kappa shape index (κ2) is 8.39. The molecule has 158 valence electrons. The van der Waals surface area contributed by atoms with Crippen LogP contribution in [0, 0.1) is 23.2 Å². The highest BCUT2D eigenvalue weighted by molar-refractivity contribution is 5.78. The molecule has 4 aliphatic carbocycles. The van der Waals surface area contributed by atoms with E-state index in [1.807, 2.05) is 0 Å². The number of benzene rings is 1. The quantitative estimate of drug-likeness (QED) is 0.800. The van der Waals surface area contributed by atoms with Crippen molar-refractivity contribution in [1.29, 1.82) is 0 Å². The van der Waals surface area contributed by atoms with Crippen LogP contribution in [0.2, 0.25) is 0 Å². The SMILES string of the molecule is O=C(CN1CCN(Cc2ccccc2)CC1)NCC12CC3CCC(CC(C3)C1)C2. The Morgan fingerprint density at radius 3 is 2.21 bits per heavy atom. The van der Waals surface area contributed by atoms with E-state index in [4.69, 9.17) is 0 Å². The fourth-order valence-corrected chi connectivity index (χ4v) is 7.08. The summed E-state index contributed by atoms with van der Waals surface area (Å²) in [5.41, 5.74) is 1.81. The number of nitrogens with one attached hydrogen (secondary N) is 1. The zero-order valence-electron chi connectivity index (χ0n) is 17.8. The van der Waals surface area contributed by atoms with E-state index >= 15 is 0 Å². The number of carbonyl (C=O) groups is 1. The van der Waals surface area contributed by atoms with E-state index < -0.39 is 0 Å². The lowest BCUT2D eigenvalue weighted by Crippen LogP contribution is -2.51. The summed E-state index contributed by atoms with van der Waals surface area (Å²) >= 11 is 0. The smallest absolute Gasteiger partial charge is 0.234 e. The van der Waals surface area contributed by atoms with Gasteiger partial charge in [-0.25, -0.2) is 0 Å².